The van der Waals surface area contributed by atoms with E-state index < -0.39 is 17.6 Å². The van der Waals surface area contributed by atoms with Crippen LogP contribution in [-0.4, -0.2) is 16.0 Å². The number of aromatic nitrogens is 2. The molecular weight excluding hydrogens is 347 g/mol. The van der Waals surface area contributed by atoms with Crippen LogP contribution < -0.4 is 5.32 Å². The summed E-state index contributed by atoms with van der Waals surface area (Å²) in [6.07, 6.45) is -4.44. The monoisotopic (exact) mass is 361 g/mol. The number of carbonyl (C=O) groups is 1. The summed E-state index contributed by atoms with van der Waals surface area (Å²) < 4.78 is 42.7. The Morgan fingerprint density at radius 3 is 2.35 bits per heavy atom. The Morgan fingerprint density at radius 2 is 1.73 bits per heavy atom. The van der Waals surface area contributed by atoms with E-state index in [9.17, 15) is 18.0 Å². The smallest absolute Gasteiger partial charge is 0.343 e. The van der Waals surface area contributed by atoms with Crippen LogP contribution in [0.4, 0.5) is 13.2 Å². The fourth-order valence-corrected chi connectivity index (χ4v) is 2.22. The predicted molar refractivity (Wildman–Crippen MR) is 87.1 cm³/mol. The molecule has 3 rings (SSSR count). The Balaban J connectivity index is 1.62. The fraction of sp³-hybridized carbons (Fsp3) is 0.167. The third-order valence-electron chi connectivity index (χ3n) is 3.65. The molecule has 0 saturated heterocycles. The van der Waals surface area contributed by atoms with Gasteiger partial charge < -0.3 is 9.84 Å². The quantitative estimate of drug-likeness (QED) is 0.763. The number of carbonyl (C=O) groups excluding carboxylic acids is 1. The zero-order valence-electron chi connectivity index (χ0n) is 13.7. The van der Waals surface area contributed by atoms with Gasteiger partial charge in [0.15, 0.2) is 0 Å². The van der Waals surface area contributed by atoms with E-state index in [0.717, 1.165) is 35.4 Å². The van der Waals surface area contributed by atoms with E-state index in [0.29, 0.717) is 5.82 Å². The van der Waals surface area contributed by atoms with Gasteiger partial charge in [0.05, 0.1) is 12.1 Å². The van der Waals surface area contributed by atoms with E-state index in [2.05, 4.69) is 15.5 Å². The molecule has 0 bridgehead atoms. The first-order chi connectivity index (χ1) is 12.3. The van der Waals surface area contributed by atoms with E-state index in [4.69, 9.17) is 4.52 Å². The van der Waals surface area contributed by atoms with Gasteiger partial charge >= 0.3 is 6.18 Å². The standard InChI is InChI=1S/C18H14F3N3O2/c1-11-2-4-12(5-3-11)16-23-15(26-24-16)10-22-17(25)13-6-8-14(9-7-13)18(19,20)21/h2-9H,10H2,1H3,(H,22,25). The number of amides is 1. The van der Waals surface area contributed by atoms with Crippen molar-refractivity contribution >= 4 is 5.91 Å². The van der Waals surface area contributed by atoms with Gasteiger partial charge in [0.1, 0.15) is 0 Å². The summed E-state index contributed by atoms with van der Waals surface area (Å²) in [5.74, 6) is 0.0541. The third-order valence-corrected chi connectivity index (χ3v) is 3.65. The van der Waals surface area contributed by atoms with Crippen LogP contribution in [0.5, 0.6) is 0 Å². The Morgan fingerprint density at radius 1 is 1.08 bits per heavy atom. The minimum Gasteiger partial charge on any atom is -0.343 e. The van der Waals surface area contributed by atoms with Crippen LogP contribution in [0.3, 0.4) is 0 Å². The molecule has 1 heterocycles. The second-order valence-electron chi connectivity index (χ2n) is 5.64. The number of halogens is 3. The fourth-order valence-electron chi connectivity index (χ4n) is 2.22. The van der Waals surface area contributed by atoms with Crippen molar-refractivity contribution in [3.63, 3.8) is 0 Å². The van der Waals surface area contributed by atoms with Gasteiger partial charge in [-0.3, -0.25) is 4.79 Å². The van der Waals surface area contributed by atoms with Crippen molar-refractivity contribution in [2.75, 3.05) is 0 Å². The molecule has 0 aliphatic rings. The lowest BCUT2D eigenvalue weighted by Gasteiger charge is -2.07. The molecule has 0 fully saturated rings. The van der Waals surface area contributed by atoms with Crippen molar-refractivity contribution in [3.05, 3.63) is 71.1 Å². The SMILES string of the molecule is Cc1ccc(-c2noc(CNC(=O)c3ccc(C(F)(F)F)cc3)n2)cc1. The van der Waals surface area contributed by atoms with Gasteiger partial charge in [-0.15, -0.1) is 0 Å². The zero-order valence-corrected chi connectivity index (χ0v) is 13.7. The molecule has 1 N–H and O–H groups in total. The van der Waals surface area contributed by atoms with E-state index in [1.807, 2.05) is 31.2 Å². The number of nitrogens with one attached hydrogen (secondary N) is 1. The van der Waals surface area contributed by atoms with E-state index in [-0.39, 0.29) is 18.0 Å². The first-order valence-corrected chi connectivity index (χ1v) is 7.68. The number of alkyl halides is 3. The average Bonchev–Trinajstić information content (AvgIpc) is 3.08. The van der Waals surface area contributed by atoms with Crippen molar-refractivity contribution in [2.45, 2.75) is 19.6 Å². The number of benzene rings is 2. The molecule has 0 atom stereocenters. The van der Waals surface area contributed by atoms with Crippen LogP contribution in [0, 0.1) is 6.92 Å². The summed E-state index contributed by atoms with van der Waals surface area (Å²) in [6.45, 7) is 1.93. The highest BCUT2D eigenvalue weighted by Gasteiger charge is 2.30. The van der Waals surface area contributed by atoms with Crippen LogP contribution in [0.15, 0.2) is 53.1 Å². The van der Waals surface area contributed by atoms with Gasteiger partial charge in [0.25, 0.3) is 5.91 Å². The van der Waals surface area contributed by atoms with Crippen molar-refractivity contribution in [3.8, 4) is 11.4 Å². The van der Waals surface area contributed by atoms with Gasteiger partial charge in [-0.1, -0.05) is 35.0 Å². The molecule has 134 valence electrons. The van der Waals surface area contributed by atoms with E-state index in [1.54, 1.807) is 0 Å². The number of hydrogen-bond donors (Lipinski definition) is 1. The molecule has 1 aromatic heterocycles. The van der Waals surface area contributed by atoms with Crippen molar-refractivity contribution in [2.24, 2.45) is 0 Å². The van der Waals surface area contributed by atoms with E-state index >= 15 is 0 Å². The molecule has 3 aromatic rings. The summed E-state index contributed by atoms with van der Waals surface area (Å²) in [5, 5.41) is 6.37. The van der Waals surface area contributed by atoms with Crippen LogP contribution in [0.25, 0.3) is 11.4 Å². The number of aryl methyl sites for hydroxylation is 1. The second-order valence-corrected chi connectivity index (χ2v) is 5.64. The molecule has 0 saturated carbocycles. The highest BCUT2D eigenvalue weighted by molar-refractivity contribution is 5.94. The lowest BCUT2D eigenvalue weighted by molar-refractivity contribution is -0.137. The Bertz CT molecular complexity index is 901. The van der Waals surface area contributed by atoms with Crippen LogP contribution in [0.2, 0.25) is 0 Å². The first kappa shape index (κ1) is 17.7. The molecule has 0 unspecified atom stereocenters. The van der Waals surface area contributed by atoms with Gasteiger partial charge in [0, 0.05) is 11.1 Å². The highest BCUT2D eigenvalue weighted by Crippen LogP contribution is 2.29. The normalized spacial score (nSPS) is 11.4. The lowest BCUT2D eigenvalue weighted by Crippen LogP contribution is -2.23. The van der Waals surface area contributed by atoms with Crippen LogP contribution in [-0.2, 0) is 12.7 Å². The molecule has 2 aromatic carbocycles. The average molecular weight is 361 g/mol. The Hall–Kier alpha value is -3.16. The molecule has 0 aliphatic heterocycles. The maximum Gasteiger partial charge on any atom is 0.416 e. The third kappa shape index (κ3) is 4.08. The molecule has 0 spiro atoms. The molecule has 26 heavy (non-hydrogen) atoms. The largest absolute Gasteiger partial charge is 0.416 e. The summed E-state index contributed by atoms with van der Waals surface area (Å²) in [4.78, 5) is 16.2. The van der Waals surface area contributed by atoms with E-state index in [1.165, 1.54) is 0 Å². The predicted octanol–water partition coefficient (Wildman–Crippen LogP) is 3.99. The molecule has 0 radical (unpaired) electrons. The van der Waals surface area contributed by atoms with Gasteiger partial charge in [-0.25, -0.2) is 0 Å². The maximum absolute atomic E-state index is 12.5. The van der Waals surface area contributed by atoms with Gasteiger partial charge in [0.2, 0.25) is 11.7 Å². The minimum absolute atomic E-state index is 0.0291. The second kappa shape index (κ2) is 6.99. The van der Waals surface area contributed by atoms with Gasteiger partial charge in [-0.05, 0) is 31.2 Å². The Kier molecular flexibility index (Phi) is 4.75. The van der Waals surface area contributed by atoms with Crippen LogP contribution >= 0.6 is 0 Å². The summed E-state index contributed by atoms with van der Waals surface area (Å²) in [5.41, 5.74) is 1.17. The number of nitrogens with zero attached hydrogens (tertiary/aromatic N) is 2. The van der Waals surface area contributed by atoms with Crippen LogP contribution in [0.1, 0.15) is 27.4 Å². The zero-order chi connectivity index (χ0) is 18.7. The molecule has 5 nitrogen and oxygen atoms in total. The summed E-state index contributed by atoms with van der Waals surface area (Å²) in [7, 11) is 0. The topological polar surface area (TPSA) is 68.0 Å². The number of rotatable bonds is 4. The van der Waals surface area contributed by atoms with Crippen molar-refractivity contribution in [1.82, 2.24) is 15.5 Å². The molecular formula is C18H14F3N3O2. The summed E-state index contributed by atoms with van der Waals surface area (Å²) in [6, 6.07) is 11.5. The molecule has 1 amide bonds. The minimum atomic E-state index is -4.44. The van der Waals surface area contributed by atoms with Crippen molar-refractivity contribution < 1.29 is 22.5 Å². The highest BCUT2D eigenvalue weighted by atomic mass is 19.4. The number of hydrogen-bond acceptors (Lipinski definition) is 4. The Labute approximate surface area is 146 Å². The lowest BCUT2D eigenvalue weighted by atomic mass is 10.1. The molecule has 8 heteroatoms. The first-order valence-electron chi connectivity index (χ1n) is 7.68. The maximum atomic E-state index is 12.5. The molecule has 0 aliphatic carbocycles. The van der Waals surface area contributed by atoms with Crippen molar-refractivity contribution in [1.29, 1.82) is 0 Å². The summed E-state index contributed by atoms with van der Waals surface area (Å²) >= 11 is 0. The van der Waals surface area contributed by atoms with Gasteiger partial charge in [-0.2, -0.15) is 18.2 Å².